The van der Waals surface area contributed by atoms with E-state index >= 15 is 0 Å². The first kappa shape index (κ1) is 18.4. The number of rotatable bonds is 8. The maximum absolute atomic E-state index is 12.3. The zero-order valence-electron chi connectivity index (χ0n) is 14.2. The van der Waals surface area contributed by atoms with Crippen LogP contribution in [0, 0.1) is 0 Å². The van der Waals surface area contributed by atoms with Crippen molar-refractivity contribution in [3.8, 4) is 5.75 Å². The van der Waals surface area contributed by atoms with Crippen molar-refractivity contribution in [1.82, 2.24) is 10.3 Å². The molecule has 0 saturated carbocycles. The number of hydrogen-bond donors (Lipinski definition) is 1. The quantitative estimate of drug-likeness (QED) is 0.581. The summed E-state index contributed by atoms with van der Waals surface area (Å²) in [7, 11) is 2.89. The van der Waals surface area contributed by atoms with Gasteiger partial charge in [0.15, 0.2) is 0 Å². The normalized spacial score (nSPS) is 10.2. The molecule has 0 aliphatic heterocycles. The number of hydrogen-bond acceptors (Lipinski definition) is 6. The lowest BCUT2D eigenvalue weighted by atomic mass is 10.2. The molecule has 0 atom stereocenters. The second kappa shape index (κ2) is 9.39. The van der Waals surface area contributed by atoms with Crippen LogP contribution in [0.15, 0.2) is 42.6 Å². The van der Waals surface area contributed by atoms with E-state index < -0.39 is 5.97 Å². The second-order valence-electron chi connectivity index (χ2n) is 5.09. The molecule has 132 valence electrons. The van der Waals surface area contributed by atoms with Gasteiger partial charge in [-0.25, -0.2) is 9.78 Å². The van der Waals surface area contributed by atoms with Crippen molar-refractivity contribution in [3.63, 3.8) is 0 Å². The minimum atomic E-state index is -0.519. The number of methoxy groups -OCH3 is 2. The van der Waals surface area contributed by atoms with Gasteiger partial charge < -0.3 is 19.5 Å². The highest BCUT2D eigenvalue weighted by Gasteiger charge is 2.10. The zero-order valence-corrected chi connectivity index (χ0v) is 14.2. The molecule has 2 aromatic rings. The number of aromatic nitrogens is 1. The molecule has 2 rings (SSSR count). The van der Waals surface area contributed by atoms with E-state index in [1.807, 2.05) is 0 Å². The first-order valence-corrected chi connectivity index (χ1v) is 7.67. The first-order valence-electron chi connectivity index (χ1n) is 7.67. The third-order valence-corrected chi connectivity index (χ3v) is 3.32. The van der Waals surface area contributed by atoms with Crippen LogP contribution in [0.1, 0.15) is 26.4 Å². The summed E-state index contributed by atoms with van der Waals surface area (Å²) in [6.45, 7) is 1.15. The molecule has 0 radical (unpaired) electrons. The Balaban J connectivity index is 1.96. The molecule has 1 heterocycles. The molecule has 0 bridgehead atoms. The summed E-state index contributed by atoms with van der Waals surface area (Å²) in [5.74, 6) is -0.163. The molecule has 1 N–H and O–H groups in total. The van der Waals surface area contributed by atoms with Crippen molar-refractivity contribution in [3.05, 3.63) is 59.4 Å². The fourth-order valence-corrected chi connectivity index (χ4v) is 2.05. The molecule has 7 nitrogen and oxygen atoms in total. The molecule has 0 saturated heterocycles. The minimum absolute atomic E-state index is 0.197. The first-order chi connectivity index (χ1) is 12.1. The number of ether oxygens (including phenoxy) is 3. The lowest BCUT2D eigenvalue weighted by Crippen LogP contribution is -2.23. The van der Waals surface area contributed by atoms with Crippen LogP contribution >= 0.6 is 0 Å². The van der Waals surface area contributed by atoms with Gasteiger partial charge in [-0.1, -0.05) is 6.07 Å². The van der Waals surface area contributed by atoms with E-state index in [4.69, 9.17) is 9.47 Å². The van der Waals surface area contributed by atoms with Gasteiger partial charge in [-0.3, -0.25) is 4.79 Å². The van der Waals surface area contributed by atoms with E-state index in [1.54, 1.807) is 43.5 Å². The Hall–Kier alpha value is -2.93. The molecule has 0 unspecified atom stereocenters. The van der Waals surface area contributed by atoms with Crippen molar-refractivity contribution >= 4 is 11.9 Å². The van der Waals surface area contributed by atoms with Crippen LogP contribution in [0.4, 0.5) is 0 Å². The van der Waals surface area contributed by atoms with E-state index in [0.717, 1.165) is 5.56 Å². The fraction of sp³-hybridized carbons (Fsp3) is 0.278. The van der Waals surface area contributed by atoms with Crippen LogP contribution in [-0.2, 0) is 16.0 Å². The van der Waals surface area contributed by atoms with Gasteiger partial charge in [0.25, 0.3) is 5.91 Å². The van der Waals surface area contributed by atoms with Crippen LogP contribution in [0.25, 0.3) is 0 Å². The molecule has 1 aromatic heterocycles. The standard InChI is InChI=1S/C18H20N2O5/c1-23-8-9-25-15-5-3-4-14(11-15)17(21)20-12-13-6-7-19-16(10-13)18(22)24-2/h3-7,10-11H,8-9,12H2,1-2H3,(H,20,21). The number of benzene rings is 1. The Morgan fingerprint density at radius 1 is 1.12 bits per heavy atom. The Morgan fingerprint density at radius 3 is 2.72 bits per heavy atom. The summed E-state index contributed by atoms with van der Waals surface area (Å²) in [6.07, 6.45) is 1.50. The monoisotopic (exact) mass is 344 g/mol. The van der Waals surface area contributed by atoms with Crippen molar-refractivity contribution < 1.29 is 23.8 Å². The summed E-state index contributed by atoms with van der Waals surface area (Å²) in [4.78, 5) is 27.7. The van der Waals surface area contributed by atoms with Crippen LogP contribution < -0.4 is 10.1 Å². The maximum Gasteiger partial charge on any atom is 0.356 e. The van der Waals surface area contributed by atoms with Crippen molar-refractivity contribution in [2.45, 2.75) is 6.54 Å². The smallest absolute Gasteiger partial charge is 0.356 e. The molecule has 25 heavy (non-hydrogen) atoms. The molecular weight excluding hydrogens is 324 g/mol. The Bertz CT molecular complexity index is 733. The number of amides is 1. The number of carbonyl (C=O) groups is 2. The number of pyridine rings is 1. The highest BCUT2D eigenvalue weighted by atomic mass is 16.5. The van der Waals surface area contributed by atoms with Gasteiger partial charge in [0, 0.05) is 25.4 Å². The lowest BCUT2D eigenvalue weighted by molar-refractivity contribution is 0.0594. The highest BCUT2D eigenvalue weighted by Crippen LogP contribution is 2.13. The molecule has 0 fully saturated rings. The highest BCUT2D eigenvalue weighted by molar-refractivity contribution is 5.94. The average molecular weight is 344 g/mol. The second-order valence-corrected chi connectivity index (χ2v) is 5.09. The van der Waals surface area contributed by atoms with Crippen molar-refractivity contribution in [1.29, 1.82) is 0 Å². The van der Waals surface area contributed by atoms with E-state index in [0.29, 0.717) is 24.5 Å². The van der Waals surface area contributed by atoms with Crippen molar-refractivity contribution in [2.75, 3.05) is 27.4 Å². The molecule has 1 aromatic carbocycles. The predicted molar refractivity (Wildman–Crippen MR) is 90.6 cm³/mol. The topological polar surface area (TPSA) is 86.8 Å². The molecule has 7 heteroatoms. The summed E-state index contributed by atoms with van der Waals surface area (Å²) < 4.78 is 15.0. The van der Waals surface area contributed by atoms with E-state index in [9.17, 15) is 9.59 Å². The number of esters is 1. The lowest BCUT2D eigenvalue weighted by Gasteiger charge is -2.09. The summed E-state index contributed by atoms with van der Waals surface area (Å²) in [5, 5.41) is 2.79. The third kappa shape index (κ3) is 5.58. The Morgan fingerprint density at radius 2 is 1.96 bits per heavy atom. The number of nitrogens with zero attached hydrogens (tertiary/aromatic N) is 1. The summed E-state index contributed by atoms with van der Waals surface area (Å²) in [6, 6.07) is 10.2. The van der Waals surface area contributed by atoms with Gasteiger partial charge in [-0.2, -0.15) is 0 Å². The third-order valence-electron chi connectivity index (χ3n) is 3.32. The van der Waals surface area contributed by atoms with Gasteiger partial charge in [0.1, 0.15) is 18.1 Å². The average Bonchev–Trinajstić information content (AvgIpc) is 2.66. The summed E-state index contributed by atoms with van der Waals surface area (Å²) in [5.41, 5.74) is 1.43. The minimum Gasteiger partial charge on any atom is -0.491 e. The number of nitrogens with one attached hydrogen (secondary N) is 1. The largest absolute Gasteiger partial charge is 0.491 e. The molecule has 0 spiro atoms. The predicted octanol–water partition coefficient (Wildman–Crippen LogP) is 1.82. The van der Waals surface area contributed by atoms with Crippen LogP contribution in [0.5, 0.6) is 5.75 Å². The van der Waals surface area contributed by atoms with Crippen LogP contribution in [0.2, 0.25) is 0 Å². The number of carbonyl (C=O) groups excluding carboxylic acids is 2. The Labute approximate surface area is 145 Å². The Kier molecular flexibility index (Phi) is 6.91. The van der Waals surface area contributed by atoms with E-state index in [1.165, 1.54) is 13.3 Å². The van der Waals surface area contributed by atoms with Crippen molar-refractivity contribution in [2.24, 2.45) is 0 Å². The van der Waals surface area contributed by atoms with E-state index in [2.05, 4.69) is 15.0 Å². The van der Waals surface area contributed by atoms with Gasteiger partial charge in [0.05, 0.1) is 13.7 Å². The van der Waals surface area contributed by atoms with Gasteiger partial charge in [0.2, 0.25) is 0 Å². The molecular formula is C18H20N2O5. The van der Waals surface area contributed by atoms with E-state index in [-0.39, 0.29) is 18.1 Å². The maximum atomic E-state index is 12.3. The molecule has 0 aliphatic carbocycles. The van der Waals surface area contributed by atoms with Crippen LogP contribution in [-0.4, -0.2) is 44.3 Å². The molecule has 1 amide bonds. The van der Waals surface area contributed by atoms with Gasteiger partial charge in [-0.05, 0) is 35.9 Å². The van der Waals surface area contributed by atoms with Crippen LogP contribution in [0.3, 0.4) is 0 Å². The SMILES string of the molecule is COCCOc1cccc(C(=O)NCc2ccnc(C(=O)OC)c2)c1. The summed E-state index contributed by atoms with van der Waals surface area (Å²) >= 11 is 0. The zero-order chi connectivity index (χ0) is 18.1. The molecule has 0 aliphatic rings. The van der Waals surface area contributed by atoms with Gasteiger partial charge >= 0.3 is 5.97 Å². The fourth-order valence-electron chi connectivity index (χ4n) is 2.05. The van der Waals surface area contributed by atoms with Gasteiger partial charge in [-0.15, -0.1) is 0 Å².